The summed E-state index contributed by atoms with van der Waals surface area (Å²) < 4.78 is 5.71. The van der Waals surface area contributed by atoms with Crippen molar-refractivity contribution < 1.29 is 4.74 Å². The molecule has 1 saturated carbocycles. The Morgan fingerprint density at radius 1 is 1.00 bits per heavy atom. The quantitative estimate of drug-likeness (QED) is 0.315. The Morgan fingerprint density at radius 3 is 2.38 bits per heavy atom. The largest absolute Gasteiger partial charge is 0.490 e. The summed E-state index contributed by atoms with van der Waals surface area (Å²) in [5, 5.41) is 8.79. The fourth-order valence-electron chi connectivity index (χ4n) is 3.90. The number of ether oxygens (including phenoxy) is 1. The average molecular weight is 354 g/mol. The van der Waals surface area contributed by atoms with Gasteiger partial charge in [-0.25, -0.2) is 0 Å². The Bertz CT molecular complexity index is 547. The van der Waals surface area contributed by atoms with Crippen LogP contribution in [0.1, 0.15) is 83.1 Å². The maximum Gasteiger partial charge on any atom is 0.119 e. The summed E-state index contributed by atoms with van der Waals surface area (Å²) in [7, 11) is 0. The van der Waals surface area contributed by atoms with E-state index >= 15 is 0 Å². The Hall–Kier alpha value is -1.75. The number of nitriles is 1. The number of nitrogens with zero attached hydrogens (tertiary/aromatic N) is 1. The summed E-state index contributed by atoms with van der Waals surface area (Å²) in [6.45, 7) is 2.90. The Kier molecular flexibility index (Phi) is 9.95. The van der Waals surface area contributed by atoms with E-state index in [9.17, 15) is 0 Å². The molecule has 1 aliphatic rings. The van der Waals surface area contributed by atoms with Gasteiger partial charge in [-0.15, -0.1) is 0 Å². The maximum absolute atomic E-state index is 8.79. The molecule has 0 N–H and O–H groups in total. The molecule has 0 bridgehead atoms. The monoisotopic (exact) mass is 353 g/mol. The molecule has 2 rings (SSSR count). The van der Waals surface area contributed by atoms with Crippen molar-refractivity contribution in [2.75, 3.05) is 6.61 Å². The predicted molar refractivity (Wildman–Crippen MR) is 109 cm³/mol. The van der Waals surface area contributed by atoms with E-state index in [-0.39, 0.29) is 0 Å². The standard InChI is InChI=1S/C24H35NO/c1-2-3-4-5-6-7-9-21-11-13-22(14-12-21)10-8-19-26-24-17-15-23(20-25)16-18-24/h8,10,15-18,21-22H,2-7,9,11-14,19H2,1H3/b10-8+/t21-,22-. The summed E-state index contributed by atoms with van der Waals surface area (Å²) in [4.78, 5) is 0. The van der Waals surface area contributed by atoms with Crippen molar-refractivity contribution in [3.8, 4) is 11.8 Å². The van der Waals surface area contributed by atoms with Gasteiger partial charge in [0.15, 0.2) is 0 Å². The SMILES string of the molecule is CCCCCCCC[C@H]1CC[C@H](/C=C/COc2ccc(C#N)cc2)CC1. The Balaban J connectivity index is 1.53. The van der Waals surface area contributed by atoms with Crippen LogP contribution < -0.4 is 4.74 Å². The molecule has 26 heavy (non-hydrogen) atoms. The first-order chi connectivity index (χ1) is 12.8. The third kappa shape index (κ3) is 8.09. The minimum absolute atomic E-state index is 0.615. The molecule has 2 nitrogen and oxygen atoms in total. The third-order valence-electron chi connectivity index (χ3n) is 5.60. The highest BCUT2D eigenvalue weighted by molar-refractivity contribution is 5.34. The zero-order valence-electron chi connectivity index (χ0n) is 16.5. The van der Waals surface area contributed by atoms with Crippen LogP contribution in [-0.2, 0) is 0 Å². The van der Waals surface area contributed by atoms with E-state index in [1.807, 2.05) is 12.1 Å². The molecule has 0 amide bonds. The molecule has 1 aromatic carbocycles. The van der Waals surface area contributed by atoms with E-state index in [1.165, 1.54) is 70.6 Å². The van der Waals surface area contributed by atoms with E-state index in [2.05, 4.69) is 25.1 Å². The van der Waals surface area contributed by atoms with Crippen LogP contribution in [0.5, 0.6) is 5.75 Å². The molecule has 1 aromatic rings. The van der Waals surface area contributed by atoms with Crippen molar-refractivity contribution >= 4 is 0 Å². The molecule has 142 valence electrons. The third-order valence-corrected chi connectivity index (χ3v) is 5.60. The van der Waals surface area contributed by atoms with E-state index in [0.717, 1.165) is 17.6 Å². The van der Waals surface area contributed by atoms with Gasteiger partial charge in [-0.1, -0.05) is 64.0 Å². The highest BCUT2D eigenvalue weighted by Crippen LogP contribution is 2.32. The lowest BCUT2D eigenvalue weighted by atomic mass is 9.79. The van der Waals surface area contributed by atoms with Gasteiger partial charge in [-0.2, -0.15) is 5.26 Å². The normalized spacial score (nSPS) is 20.2. The second kappa shape index (κ2) is 12.6. The number of hydrogen-bond acceptors (Lipinski definition) is 2. The summed E-state index contributed by atoms with van der Waals surface area (Å²) in [5.41, 5.74) is 0.672. The highest BCUT2D eigenvalue weighted by Gasteiger charge is 2.18. The summed E-state index contributed by atoms with van der Waals surface area (Å²) in [6, 6.07) is 9.44. The minimum Gasteiger partial charge on any atom is -0.490 e. The second-order valence-electron chi connectivity index (χ2n) is 7.71. The lowest BCUT2D eigenvalue weighted by molar-refractivity contribution is 0.287. The molecule has 0 unspecified atom stereocenters. The summed E-state index contributed by atoms with van der Waals surface area (Å²) >= 11 is 0. The van der Waals surface area contributed by atoms with Gasteiger partial charge in [0.25, 0.3) is 0 Å². The average Bonchev–Trinajstić information content (AvgIpc) is 2.69. The van der Waals surface area contributed by atoms with Gasteiger partial charge in [0.1, 0.15) is 12.4 Å². The predicted octanol–water partition coefficient (Wildman–Crippen LogP) is 7.05. The van der Waals surface area contributed by atoms with E-state index in [4.69, 9.17) is 10.00 Å². The zero-order valence-corrected chi connectivity index (χ0v) is 16.5. The van der Waals surface area contributed by atoms with Gasteiger partial charge in [-0.3, -0.25) is 0 Å². The molecule has 1 fully saturated rings. The van der Waals surface area contributed by atoms with Gasteiger partial charge in [-0.05, 0) is 61.8 Å². The number of allylic oxidation sites excluding steroid dienone is 1. The van der Waals surface area contributed by atoms with Crippen molar-refractivity contribution in [2.45, 2.75) is 77.6 Å². The van der Waals surface area contributed by atoms with Gasteiger partial charge in [0, 0.05) is 0 Å². The van der Waals surface area contributed by atoms with Crippen LogP contribution in [0.4, 0.5) is 0 Å². The molecule has 0 spiro atoms. The van der Waals surface area contributed by atoms with E-state index < -0.39 is 0 Å². The fourth-order valence-corrected chi connectivity index (χ4v) is 3.90. The van der Waals surface area contributed by atoms with E-state index in [1.54, 1.807) is 12.1 Å². The van der Waals surface area contributed by atoms with E-state index in [0.29, 0.717) is 12.2 Å². The first kappa shape index (κ1) is 20.6. The smallest absolute Gasteiger partial charge is 0.119 e. The number of hydrogen-bond donors (Lipinski definition) is 0. The first-order valence-corrected chi connectivity index (χ1v) is 10.6. The van der Waals surface area contributed by atoms with Crippen molar-refractivity contribution in [2.24, 2.45) is 11.8 Å². The molecular weight excluding hydrogens is 318 g/mol. The van der Waals surface area contributed by atoms with Crippen LogP contribution in [0.3, 0.4) is 0 Å². The Labute approximate surface area is 160 Å². The fraction of sp³-hybridized carbons (Fsp3) is 0.625. The van der Waals surface area contributed by atoms with Gasteiger partial charge < -0.3 is 4.74 Å². The molecular formula is C24H35NO. The van der Waals surface area contributed by atoms with Crippen molar-refractivity contribution in [1.29, 1.82) is 5.26 Å². The van der Waals surface area contributed by atoms with Crippen molar-refractivity contribution in [1.82, 2.24) is 0 Å². The van der Waals surface area contributed by atoms with Gasteiger partial charge >= 0.3 is 0 Å². The van der Waals surface area contributed by atoms with Crippen LogP contribution in [-0.4, -0.2) is 6.61 Å². The lowest BCUT2D eigenvalue weighted by Crippen LogP contribution is -2.13. The second-order valence-corrected chi connectivity index (χ2v) is 7.71. The molecule has 0 aliphatic heterocycles. The van der Waals surface area contributed by atoms with Gasteiger partial charge in [0.05, 0.1) is 11.6 Å². The summed E-state index contributed by atoms with van der Waals surface area (Å²) in [5.74, 6) is 2.54. The lowest BCUT2D eigenvalue weighted by Gasteiger charge is -2.26. The molecule has 2 heteroatoms. The summed E-state index contributed by atoms with van der Waals surface area (Å²) in [6.07, 6.45) is 19.9. The van der Waals surface area contributed by atoms with Gasteiger partial charge in [0.2, 0.25) is 0 Å². The molecule has 0 saturated heterocycles. The van der Waals surface area contributed by atoms with Crippen molar-refractivity contribution in [3.05, 3.63) is 42.0 Å². The Morgan fingerprint density at radius 2 is 1.69 bits per heavy atom. The van der Waals surface area contributed by atoms with Crippen LogP contribution in [0.15, 0.2) is 36.4 Å². The zero-order chi connectivity index (χ0) is 18.5. The maximum atomic E-state index is 8.79. The number of benzene rings is 1. The minimum atomic E-state index is 0.615. The first-order valence-electron chi connectivity index (χ1n) is 10.6. The molecule has 1 aliphatic carbocycles. The molecule has 0 radical (unpaired) electrons. The van der Waals surface area contributed by atoms with Crippen LogP contribution in [0, 0.1) is 23.2 Å². The molecule has 0 aromatic heterocycles. The van der Waals surface area contributed by atoms with Crippen LogP contribution in [0.2, 0.25) is 0 Å². The molecule has 0 heterocycles. The number of unbranched alkanes of at least 4 members (excludes halogenated alkanes) is 5. The van der Waals surface area contributed by atoms with Crippen molar-refractivity contribution in [3.63, 3.8) is 0 Å². The van der Waals surface area contributed by atoms with Crippen LogP contribution >= 0.6 is 0 Å². The van der Waals surface area contributed by atoms with Crippen LogP contribution in [0.25, 0.3) is 0 Å². The highest BCUT2D eigenvalue weighted by atomic mass is 16.5. The number of rotatable bonds is 11. The molecule has 0 atom stereocenters. The topological polar surface area (TPSA) is 33.0 Å².